The van der Waals surface area contributed by atoms with Crippen LogP contribution < -0.4 is 5.73 Å². The van der Waals surface area contributed by atoms with Crippen molar-refractivity contribution in [2.75, 3.05) is 0 Å². The van der Waals surface area contributed by atoms with Crippen LogP contribution in [0.4, 0.5) is 0 Å². The number of carbonyl (C=O) groups excluding carboxylic acids is 1. The summed E-state index contributed by atoms with van der Waals surface area (Å²) >= 11 is 0. The molecule has 138 valence electrons. The Morgan fingerprint density at radius 2 is 1.00 bits per heavy atom. The van der Waals surface area contributed by atoms with E-state index in [0.29, 0.717) is 6.42 Å². The molecular formula is C19H39NO3. The average Bonchev–Trinajstić information content (AvgIpc) is 2.51. The predicted octanol–water partition coefficient (Wildman–Crippen LogP) is 5.43. The maximum absolute atomic E-state index is 10.6. The van der Waals surface area contributed by atoms with Gasteiger partial charge in [0.15, 0.2) is 0 Å². The van der Waals surface area contributed by atoms with Gasteiger partial charge in [0.05, 0.1) is 0 Å². The standard InChI is InChI=1S/C18H37NO.CH2O2/c1-2-3-4-5-6-7-8-9-10-11-12-13-14-15-16-17-18(19)20;2-1-3/h2-17H2,1H3,(H2,19,20);1H,(H,2,3). The summed E-state index contributed by atoms with van der Waals surface area (Å²) in [5.41, 5.74) is 5.11. The van der Waals surface area contributed by atoms with Crippen molar-refractivity contribution in [2.24, 2.45) is 5.73 Å². The van der Waals surface area contributed by atoms with E-state index in [9.17, 15) is 4.79 Å². The Hall–Kier alpha value is -1.06. The van der Waals surface area contributed by atoms with Crippen LogP contribution in [0.15, 0.2) is 0 Å². The number of unbranched alkanes of at least 4 members (excludes halogenated alkanes) is 14. The first kappa shape index (κ1) is 24.2. The fraction of sp³-hybridized carbons (Fsp3) is 0.895. The van der Waals surface area contributed by atoms with Gasteiger partial charge >= 0.3 is 0 Å². The molecule has 0 aliphatic heterocycles. The van der Waals surface area contributed by atoms with Gasteiger partial charge in [-0.2, -0.15) is 0 Å². The summed E-state index contributed by atoms with van der Waals surface area (Å²) in [6.45, 7) is 2.03. The van der Waals surface area contributed by atoms with Gasteiger partial charge in [0.25, 0.3) is 6.47 Å². The molecular weight excluding hydrogens is 290 g/mol. The molecule has 0 spiro atoms. The molecule has 0 saturated heterocycles. The second-order valence-electron chi connectivity index (χ2n) is 6.27. The number of amides is 1. The third kappa shape index (κ3) is 29.6. The highest BCUT2D eigenvalue weighted by Crippen LogP contribution is 2.13. The van der Waals surface area contributed by atoms with E-state index in [2.05, 4.69) is 6.92 Å². The van der Waals surface area contributed by atoms with Crippen LogP contribution in [0.1, 0.15) is 110 Å². The largest absolute Gasteiger partial charge is 0.483 e. The van der Waals surface area contributed by atoms with Crippen molar-refractivity contribution < 1.29 is 14.7 Å². The van der Waals surface area contributed by atoms with Crippen LogP contribution in [-0.2, 0) is 9.59 Å². The molecule has 3 N–H and O–H groups in total. The molecule has 0 aliphatic carbocycles. The molecule has 0 saturated carbocycles. The lowest BCUT2D eigenvalue weighted by Gasteiger charge is -2.03. The lowest BCUT2D eigenvalue weighted by Crippen LogP contribution is -2.09. The van der Waals surface area contributed by atoms with Crippen LogP contribution in [0.5, 0.6) is 0 Å². The third-order valence-electron chi connectivity index (χ3n) is 4.03. The molecule has 0 unspecified atom stereocenters. The van der Waals surface area contributed by atoms with Crippen molar-refractivity contribution in [3.8, 4) is 0 Å². The van der Waals surface area contributed by atoms with Crippen LogP contribution in [0, 0.1) is 0 Å². The molecule has 0 aromatic rings. The van der Waals surface area contributed by atoms with Crippen LogP contribution in [0.3, 0.4) is 0 Å². The van der Waals surface area contributed by atoms with Gasteiger partial charge in [-0.3, -0.25) is 9.59 Å². The maximum atomic E-state index is 10.6. The van der Waals surface area contributed by atoms with E-state index in [0.717, 1.165) is 6.42 Å². The van der Waals surface area contributed by atoms with E-state index >= 15 is 0 Å². The van der Waals surface area contributed by atoms with Gasteiger partial charge in [-0.15, -0.1) is 0 Å². The van der Waals surface area contributed by atoms with Crippen molar-refractivity contribution in [3.63, 3.8) is 0 Å². The summed E-state index contributed by atoms with van der Waals surface area (Å²) < 4.78 is 0. The van der Waals surface area contributed by atoms with Gasteiger partial charge in [0.1, 0.15) is 0 Å². The number of carboxylic acid groups (broad SMARTS) is 1. The normalized spacial score (nSPS) is 9.96. The molecule has 0 aromatic heterocycles. The Bertz CT molecular complexity index is 245. The van der Waals surface area contributed by atoms with E-state index in [4.69, 9.17) is 15.6 Å². The average molecular weight is 330 g/mol. The lowest BCUT2D eigenvalue weighted by atomic mass is 10.0. The second kappa shape index (κ2) is 23.2. The topological polar surface area (TPSA) is 80.4 Å². The summed E-state index contributed by atoms with van der Waals surface area (Å²) in [6.07, 6.45) is 20.9. The molecule has 1 amide bonds. The summed E-state index contributed by atoms with van der Waals surface area (Å²) in [7, 11) is 0. The molecule has 0 rings (SSSR count). The van der Waals surface area contributed by atoms with Crippen LogP contribution in [0.25, 0.3) is 0 Å². The first-order valence-corrected chi connectivity index (χ1v) is 9.55. The van der Waals surface area contributed by atoms with E-state index in [1.165, 1.54) is 89.9 Å². The smallest absolute Gasteiger partial charge is 0.290 e. The molecule has 0 heterocycles. The highest BCUT2D eigenvalue weighted by atomic mass is 16.3. The second-order valence-corrected chi connectivity index (χ2v) is 6.27. The summed E-state index contributed by atoms with van der Waals surface area (Å²) in [5.74, 6) is -0.153. The van der Waals surface area contributed by atoms with Crippen LogP contribution >= 0.6 is 0 Å². The summed E-state index contributed by atoms with van der Waals surface area (Å²) in [5, 5.41) is 6.89. The quantitative estimate of drug-likeness (QED) is 0.292. The van der Waals surface area contributed by atoms with Crippen molar-refractivity contribution in [3.05, 3.63) is 0 Å². The number of hydrogen-bond acceptors (Lipinski definition) is 2. The summed E-state index contributed by atoms with van der Waals surface area (Å²) in [4.78, 5) is 18.9. The molecule has 0 aromatic carbocycles. The number of nitrogens with two attached hydrogens (primary N) is 1. The van der Waals surface area contributed by atoms with Gasteiger partial charge in [-0.1, -0.05) is 96.8 Å². The molecule has 0 fully saturated rings. The minimum atomic E-state index is -0.250. The van der Waals surface area contributed by atoms with Crippen molar-refractivity contribution in [1.29, 1.82) is 0 Å². The Morgan fingerprint density at radius 3 is 1.26 bits per heavy atom. The SMILES string of the molecule is CCCCCCCCCCCCCCCCCC(N)=O.O=CO. The maximum Gasteiger partial charge on any atom is 0.290 e. The Morgan fingerprint density at radius 1 is 0.739 bits per heavy atom. The monoisotopic (exact) mass is 329 g/mol. The van der Waals surface area contributed by atoms with Gasteiger partial charge in [0.2, 0.25) is 5.91 Å². The zero-order valence-corrected chi connectivity index (χ0v) is 15.2. The van der Waals surface area contributed by atoms with Crippen LogP contribution in [-0.4, -0.2) is 17.5 Å². The molecule has 4 nitrogen and oxygen atoms in total. The number of rotatable bonds is 16. The van der Waals surface area contributed by atoms with Gasteiger partial charge in [0, 0.05) is 6.42 Å². The van der Waals surface area contributed by atoms with E-state index in [-0.39, 0.29) is 12.4 Å². The van der Waals surface area contributed by atoms with E-state index in [1.54, 1.807) is 0 Å². The first-order valence-electron chi connectivity index (χ1n) is 9.55. The molecule has 0 aliphatic rings. The van der Waals surface area contributed by atoms with Gasteiger partial charge in [-0.05, 0) is 6.42 Å². The Balaban J connectivity index is 0. The zero-order chi connectivity index (χ0) is 17.6. The summed E-state index contributed by atoms with van der Waals surface area (Å²) in [6, 6.07) is 0. The molecule has 23 heavy (non-hydrogen) atoms. The highest BCUT2D eigenvalue weighted by molar-refractivity contribution is 5.73. The number of carbonyl (C=O) groups is 2. The third-order valence-corrected chi connectivity index (χ3v) is 4.03. The van der Waals surface area contributed by atoms with Crippen molar-refractivity contribution in [1.82, 2.24) is 0 Å². The van der Waals surface area contributed by atoms with Gasteiger partial charge in [-0.25, -0.2) is 0 Å². The van der Waals surface area contributed by atoms with Crippen molar-refractivity contribution in [2.45, 2.75) is 110 Å². The Kier molecular flexibility index (Phi) is 24.4. The lowest BCUT2D eigenvalue weighted by molar-refractivity contribution is -0.123. The fourth-order valence-electron chi connectivity index (χ4n) is 2.67. The fourth-order valence-corrected chi connectivity index (χ4v) is 2.67. The predicted molar refractivity (Wildman–Crippen MR) is 97.4 cm³/mol. The molecule has 0 radical (unpaired) electrons. The van der Waals surface area contributed by atoms with Gasteiger partial charge < -0.3 is 10.8 Å². The molecule has 0 bridgehead atoms. The van der Waals surface area contributed by atoms with Crippen LogP contribution in [0.2, 0.25) is 0 Å². The van der Waals surface area contributed by atoms with Crippen molar-refractivity contribution >= 4 is 12.4 Å². The minimum absolute atomic E-state index is 0.153. The van der Waals surface area contributed by atoms with E-state index in [1.807, 2.05) is 0 Å². The van der Waals surface area contributed by atoms with E-state index < -0.39 is 0 Å². The number of hydrogen-bond donors (Lipinski definition) is 2. The number of primary amides is 1. The molecule has 4 heteroatoms. The minimum Gasteiger partial charge on any atom is -0.483 e. The Labute approximate surface area is 143 Å². The highest BCUT2D eigenvalue weighted by Gasteiger charge is 1.96. The first-order chi connectivity index (χ1) is 11.2. The zero-order valence-electron chi connectivity index (χ0n) is 15.2. The molecule has 0 atom stereocenters.